The molecule has 0 saturated carbocycles. The monoisotopic (exact) mass is 539 g/mol. The molecule has 3 heterocycles. The summed E-state index contributed by atoms with van der Waals surface area (Å²) in [5, 5.41) is 7.17. The van der Waals surface area contributed by atoms with E-state index >= 15 is 0 Å². The van der Waals surface area contributed by atoms with Crippen molar-refractivity contribution in [3.63, 3.8) is 0 Å². The molecule has 0 radical (unpaired) electrons. The van der Waals surface area contributed by atoms with Crippen LogP contribution in [0, 0.1) is 20.8 Å². The minimum atomic E-state index is -0.155. The number of anilines is 2. The molecule has 2 atom stereocenters. The molecule has 4 aromatic rings. The predicted molar refractivity (Wildman–Crippen MR) is 160 cm³/mol. The predicted octanol–water partition coefficient (Wildman–Crippen LogP) is 6.33. The fraction of sp³-hybridized carbons (Fsp3) is 0.258. The molecule has 0 spiro atoms. The Morgan fingerprint density at radius 3 is 2.56 bits per heavy atom. The molecule has 1 fully saturated rings. The van der Waals surface area contributed by atoms with E-state index in [-0.39, 0.29) is 18.0 Å². The van der Waals surface area contributed by atoms with Gasteiger partial charge in [-0.2, -0.15) is 0 Å². The summed E-state index contributed by atoms with van der Waals surface area (Å²) in [5.41, 5.74) is 8.07. The molecule has 1 aliphatic rings. The maximum Gasteiger partial charge on any atom is 0.224 e. The molecule has 0 unspecified atom stereocenters. The first-order valence-electron chi connectivity index (χ1n) is 13.1. The van der Waals surface area contributed by atoms with Crippen molar-refractivity contribution < 1.29 is 9.53 Å². The molecular weight excluding hydrogens is 506 g/mol. The van der Waals surface area contributed by atoms with Gasteiger partial charge in [-0.3, -0.25) is 9.78 Å². The Kier molecular flexibility index (Phi) is 7.39. The van der Waals surface area contributed by atoms with E-state index in [4.69, 9.17) is 21.9 Å². The normalized spacial score (nSPS) is 16.7. The molecule has 1 saturated heterocycles. The lowest BCUT2D eigenvalue weighted by molar-refractivity contribution is -0.115. The smallest absolute Gasteiger partial charge is 0.224 e. The van der Waals surface area contributed by atoms with Gasteiger partial charge in [-0.05, 0) is 92.6 Å². The number of nitrogens with zero attached hydrogens (tertiary/aromatic N) is 3. The molecule has 2 aromatic heterocycles. The van der Waals surface area contributed by atoms with Crippen LogP contribution in [-0.2, 0) is 4.79 Å². The molecule has 200 valence electrons. The van der Waals surface area contributed by atoms with Crippen molar-refractivity contribution in [2.75, 3.05) is 17.3 Å². The maximum atomic E-state index is 12.0. The SMILES string of the molecule is CCC(=O)Nc1ccc(N2C(=S)N[C@@H](c3ccccn3)[C@H]2c2cc(C)n(-c3cccc(OC)c3)c2C)cc1C. The summed E-state index contributed by atoms with van der Waals surface area (Å²) in [6, 6.07) is 22.0. The Morgan fingerprint density at radius 1 is 1.05 bits per heavy atom. The van der Waals surface area contributed by atoms with Crippen molar-refractivity contribution >= 4 is 34.6 Å². The lowest BCUT2D eigenvalue weighted by Crippen LogP contribution is -2.29. The Morgan fingerprint density at radius 2 is 1.87 bits per heavy atom. The minimum absolute atomic E-state index is 0.0118. The van der Waals surface area contributed by atoms with E-state index in [9.17, 15) is 4.79 Å². The van der Waals surface area contributed by atoms with Crippen LogP contribution in [0.5, 0.6) is 5.75 Å². The van der Waals surface area contributed by atoms with E-state index in [0.717, 1.165) is 51.0 Å². The molecule has 1 amide bonds. The number of carbonyl (C=O) groups is 1. The number of ether oxygens (including phenoxy) is 1. The van der Waals surface area contributed by atoms with Gasteiger partial charge in [-0.25, -0.2) is 0 Å². The van der Waals surface area contributed by atoms with Gasteiger partial charge in [0.2, 0.25) is 5.91 Å². The molecule has 8 heteroatoms. The number of methoxy groups -OCH3 is 1. The lowest BCUT2D eigenvalue weighted by Gasteiger charge is -2.29. The van der Waals surface area contributed by atoms with Crippen LogP contribution in [-0.4, -0.2) is 27.7 Å². The number of hydrogen-bond donors (Lipinski definition) is 2. The first-order chi connectivity index (χ1) is 18.8. The summed E-state index contributed by atoms with van der Waals surface area (Å²) in [5.74, 6) is 0.797. The van der Waals surface area contributed by atoms with E-state index < -0.39 is 0 Å². The van der Waals surface area contributed by atoms with Crippen molar-refractivity contribution in [3.05, 3.63) is 101 Å². The van der Waals surface area contributed by atoms with Crippen LogP contribution in [0.4, 0.5) is 11.4 Å². The minimum Gasteiger partial charge on any atom is -0.497 e. The highest BCUT2D eigenvalue weighted by Gasteiger charge is 2.42. The third kappa shape index (κ3) is 5.00. The molecule has 0 aliphatic carbocycles. The number of nitrogens with one attached hydrogen (secondary N) is 2. The maximum absolute atomic E-state index is 12.0. The average Bonchev–Trinajstić information content (AvgIpc) is 3.44. The lowest BCUT2D eigenvalue weighted by atomic mass is 9.96. The topological polar surface area (TPSA) is 71.4 Å². The van der Waals surface area contributed by atoms with E-state index in [0.29, 0.717) is 11.5 Å². The Labute approximate surface area is 234 Å². The summed E-state index contributed by atoms with van der Waals surface area (Å²) in [7, 11) is 1.68. The molecule has 2 aromatic carbocycles. The zero-order chi connectivity index (χ0) is 27.7. The van der Waals surface area contributed by atoms with Crippen molar-refractivity contribution in [1.82, 2.24) is 14.9 Å². The van der Waals surface area contributed by atoms with Crippen LogP contribution in [0.2, 0.25) is 0 Å². The summed E-state index contributed by atoms with van der Waals surface area (Å²) >= 11 is 5.94. The summed E-state index contributed by atoms with van der Waals surface area (Å²) < 4.78 is 7.75. The van der Waals surface area contributed by atoms with E-state index in [1.807, 2.05) is 68.6 Å². The second kappa shape index (κ2) is 10.9. The largest absolute Gasteiger partial charge is 0.497 e. The van der Waals surface area contributed by atoms with Crippen LogP contribution in [0.1, 0.15) is 53.6 Å². The van der Waals surface area contributed by atoms with Gasteiger partial charge in [0.05, 0.1) is 24.9 Å². The van der Waals surface area contributed by atoms with Gasteiger partial charge in [-0.15, -0.1) is 0 Å². The number of rotatable bonds is 7. The molecule has 2 N–H and O–H groups in total. The number of aromatic nitrogens is 2. The van der Waals surface area contributed by atoms with E-state index in [2.05, 4.69) is 52.1 Å². The highest BCUT2D eigenvalue weighted by Crippen LogP contribution is 2.44. The van der Waals surface area contributed by atoms with E-state index in [1.54, 1.807) is 7.11 Å². The van der Waals surface area contributed by atoms with Crippen molar-refractivity contribution in [1.29, 1.82) is 0 Å². The van der Waals surface area contributed by atoms with Crippen LogP contribution in [0.15, 0.2) is 72.9 Å². The fourth-order valence-electron chi connectivity index (χ4n) is 5.36. The Bertz CT molecular complexity index is 1530. The standard InChI is InChI=1S/C31H33N5O2S/c1-6-28(37)33-26-14-13-23(16-19(26)2)36-30(29(34-31(36)39)27-12-7-8-15-32-27)25-17-20(3)35(21(25)4)22-10-9-11-24(18-22)38-5/h7-18,29-30H,6H2,1-5H3,(H,33,37)(H,34,39)/t29-,30+/m0/s1. The van der Waals surface area contributed by atoms with Crippen molar-refractivity contribution in [3.8, 4) is 11.4 Å². The van der Waals surface area contributed by atoms with Crippen molar-refractivity contribution in [2.24, 2.45) is 0 Å². The number of amides is 1. The number of pyridine rings is 1. The zero-order valence-corrected chi connectivity index (χ0v) is 23.7. The average molecular weight is 540 g/mol. The molecule has 39 heavy (non-hydrogen) atoms. The molecular formula is C31H33N5O2S. The zero-order valence-electron chi connectivity index (χ0n) is 22.9. The van der Waals surface area contributed by atoms with Gasteiger partial charge in [0.1, 0.15) is 5.75 Å². The van der Waals surface area contributed by atoms with Crippen LogP contribution in [0.25, 0.3) is 5.69 Å². The third-order valence-electron chi connectivity index (χ3n) is 7.28. The number of benzene rings is 2. The summed E-state index contributed by atoms with van der Waals surface area (Å²) in [4.78, 5) is 18.9. The van der Waals surface area contributed by atoms with Gasteiger partial charge in [0, 0.05) is 47.1 Å². The fourth-order valence-corrected chi connectivity index (χ4v) is 5.71. The number of hydrogen-bond acceptors (Lipinski definition) is 4. The number of carbonyl (C=O) groups excluding carboxylic acids is 1. The van der Waals surface area contributed by atoms with Crippen molar-refractivity contribution in [2.45, 2.75) is 46.2 Å². The Balaban J connectivity index is 1.63. The van der Waals surface area contributed by atoms with Gasteiger partial charge >= 0.3 is 0 Å². The molecule has 0 bridgehead atoms. The van der Waals surface area contributed by atoms with Crippen LogP contribution < -0.4 is 20.3 Å². The highest BCUT2D eigenvalue weighted by molar-refractivity contribution is 7.80. The van der Waals surface area contributed by atoms with Crippen LogP contribution in [0.3, 0.4) is 0 Å². The quantitative estimate of drug-likeness (QED) is 0.267. The highest BCUT2D eigenvalue weighted by atomic mass is 32.1. The molecule has 1 aliphatic heterocycles. The Hall–Kier alpha value is -4.17. The van der Waals surface area contributed by atoms with Gasteiger partial charge in [0.25, 0.3) is 0 Å². The summed E-state index contributed by atoms with van der Waals surface area (Å²) in [6.45, 7) is 8.11. The number of aryl methyl sites for hydroxylation is 2. The third-order valence-corrected chi connectivity index (χ3v) is 7.60. The second-order valence-electron chi connectivity index (χ2n) is 9.76. The molecule has 7 nitrogen and oxygen atoms in total. The van der Waals surface area contributed by atoms with Gasteiger partial charge < -0.3 is 24.8 Å². The summed E-state index contributed by atoms with van der Waals surface area (Å²) in [6.07, 6.45) is 2.24. The van der Waals surface area contributed by atoms with Gasteiger partial charge in [0.15, 0.2) is 5.11 Å². The van der Waals surface area contributed by atoms with Crippen LogP contribution >= 0.6 is 12.2 Å². The van der Waals surface area contributed by atoms with Gasteiger partial charge in [-0.1, -0.05) is 19.1 Å². The number of thiocarbonyl (C=S) groups is 1. The first-order valence-corrected chi connectivity index (χ1v) is 13.5. The van der Waals surface area contributed by atoms with E-state index in [1.165, 1.54) is 0 Å². The first kappa shape index (κ1) is 26.4. The second-order valence-corrected chi connectivity index (χ2v) is 10.1. The molecule has 5 rings (SSSR count).